The number of nitrogens with zero attached hydrogens (tertiary/aromatic N) is 2. The van der Waals surface area contributed by atoms with Crippen LogP contribution in [0.4, 0.5) is 11.6 Å². The van der Waals surface area contributed by atoms with Gasteiger partial charge in [-0.3, -0.25) is 10.1 Å². The molecule has 0 aliphatic carbocycles. The summed E-state index contributed by atoms with van der Waals surface area (Å²) in [6.07, 6.45) is 0. The topological polar surface area (TPSA) is 99.4 Å². The monoisotopic (exact) mass is 308 g/mol. The van der Waals surface area contributed by atoms with Crippen LogP contribution >= 0.6 is 11.6 Å². The molecule has 0 radical (unpaired) electrons. The fourth-order valence-electron chi connectivity index (χ4n) is 1.60. The van der Waals surface area contributed by atoms with Gasteiger partial charge in [0, 0.05) is 23.4 Å². The van der Waals surface area contributed by atoms with Crippen LogP contribution < -0.4 is 20.5 Å². The molecule has 1 amide bonds. The largest absolute Gasteiger partial charge is 0.497 e. The molecule has 0 aliphatic heterocycles. The Hall–Kier alpha value is -2.54. The average molecular weight is 309 g/mol. The predicted molar refractivity (Wildman–Crippen MR) is 79.0 cm³/mol. The Balaban J connectivity index is 2.25. The zero-order valence-corrected chi connectivity index (χ0v) is 12.1. The number of anilines is 2. The van der Waals surface area contributed by atoms with E-state index in [4.69, 9.17) is 26.8 Å². The number of carbonyl (C=O) groups excluding carboxylic acids is 1. The molecule has 1 heterocycles. The summed E-state index contributed by atoms with van der Waals surface area (Å²) in [5.74, 6) is 0.316. The maximum Gasteiger partial charge on any atom is 0.258 e. The summed E-state index contributed by atoms with van der Waals surface area (Å²) in [5.41, 5.74) is 6.42. The lowest BCUT2D eigenvalue weighted by Gasteiger charge is -2.08. The third-order valence-electron chi connectivity index (χ3n) is 2.53. The SMILES string of the molecule is COc1cc(N)cc(C(=O)Nc2nc(Cl)cc(OC)n2)c1. The van der Waals surface area contributed by atoms with Crippen molar-refractivity contribution < 1.29 is 14.3 Å². The Labute approximate surface area is 126 Å². The Morgan fingerprint density at radius 3 is 2.62 bits per heavy atom. The van der Waals surface area contributed by atoms with Crippen LogP contribution in [0.5, 0.6) is 11.6 Å². The third-order valence-corrected chi connectivity index (χ3v) is 2.73. The Morgan fingerprint density at radius 1 is 1.19 bits per heavy atom. The van der Waals surface area contributed by atoms with Gasteiger partial charge in [0.1, 0.15) is 10.9 Å². The van der Waals surface area contributed by atoms with Crippen molar-refractivity contribution in [2.24, 2.45) is 0 Å². The molecule has 0 spiro atoms. The van der Waals surface area contributed by atoms with Crippen molar-refractivity contribution >= 4 is 29.1 Å². The first-order valence-electron chi connectivity index (χ1n) is 5.86. The number of rotatable bonds is 4. The lowest BCUT2D eigenvalue weighted by atomic mass is 10.2. The quantitative estimate of drug-likeness (QED) is 0.662. The van der Waals surface area contributed by atoms with Crippen molar-refractivity contribution in [1.29, 1.82) is 0 Å². The summed E-state index contributed by atoms with van der Waals surface area (Å²) in [6.45, 7) is 0. The lowest BCUT2D eigenvalue weighted by Crippen LogP contribution is -2.15. The molecule has 21 heavy (non-hydrogen) atoms. The molecule has 1 aromatic carbocycles. The van der Waals surface area contributed by atoms with Crippen LogP contribution in [0.25, 0.3) is 0 Å². The number of hydrogen-bond donors (Lipinski definition) is 2. The predicted octanol–water partition coefficient (Wildman–Crippen LogP) is 1.98. The highest BCUT2D eigenvalue weighted by Crippen LogP contribution is 2.20. The first-order valence-corrected chi connectivity index (χ1v) is 6.24. The summed E-state index contributed by atoms with van der Waals surface area (Å²) >= 11 is 5.81. The van der Waals surface area contributed by atoms with Crippen LogP contribution in [-0.2, 0) is 0 Å². The molecule has 0 atom stereocenters. The van der Waals surface area contributed by atoms with Gasteiger partial charge in [0.05, 0.1) is 14.2 Å². The van der Waals surface area contributed by atoms with Gasteiger partial charge in [0.2, 0.25) is 11.8 Å². The summed E-state index contributed by atoms with van der Waals surface area (Å²) in [7, 11) is 2.93. The number of nitrogen functional groups attached to an aromatic ring is 1. The van der Waals surface area contributed by atoms with Crippen LogP contribution in [-0.4, -0.2) is 30.1 Å². The number of aromatic nitrogens is 2. The van der Waals surface area contributed by atoms with Gasteiger partial charge in [0.25, 0.3) is 5.91 Å². The van der Waals surface area contributed by atoms with Crippen molar-refractivity contribution in [3.63, 3.8) is 0 Å². The molecule has 2 aromatic rings. The lowest BCUT2D eigenvalue weighted by molar-refractivity contribution is 0.102. The van der Waals surface area contributed by atoms with E-state index in [0.29, 0.717) is 17.0 Å². The minimum Gasteiger partial charge on any atom is -0.497 e. The number of carbonyl (C=O) groups is 1. The van der Waals surface area contributed by atoms with E-state index in [9.17, 15) is 4.79 Å². The highest BCUT2D eigenvalue weighted by atomic mass is 35.5. The van der Waals surface area contributed by atoms with Gasteiger partial charge in [-0.2, -0.15) is 4.98 Å². The second kappa shape index (κ2) is 6.27. The highest BCUT2D eigenvalue weighted by Gasteiger charge is 2.12. The zero-order chi connectivity index (χ0) is 15.4. The van der Waals surface area contributed by atoms with Crippen molar-refractivity contribution in [2.45, 2.75) is 0 Å². The number of ether oxygens (including phenoxy) is 2. The zero-order valence-electron chi connectivity index (χ0n) is 11.4. The average Bonchev–Trinajstić information content (AvgIpc) is 2.45. The van der Waals surface area contributed by atoms with Crippen molar-refractivity contribution in [3.8, 4) is 11.6 Å². The smallest absolute Gasteiger partial charge is 0.258 e. The molecule has 3 N–H and O–H groups in total. The van der Waals surface area contributed by atoms with Gasteiger partial charge < -0.3 is 15.2 Å². The number of benzene rings is 1. The normalized spacial score (nSPS) is 10.0. The molecule has 0 saturated heterocycles. The fraction of sp³-hybridized carbons (Fsp3) is 0.154. The highest BCUT2D eigenvalue weighted by molar-refractivity contribution is 6.29. The van der Waals surface area contributed by atoms with Crippen molar-refractivity contribution in [2.75, 3.05) is 25.3 Å². The van der Waals surface area contributed by atoms with Crippen LogP contribution in [0.2, 0.25) is 5.15 Å². The van der Waals surface area contributed by atoms with E-state index in [1.165, 1.54) is 26.4 Å². The first-order chi connectivity index (χ1) is 10.0. The summed E-state index contributed by atoms with van der Waals surface area (Å²) < 4.78 is 10.0. The van der Waals surface area contributed by atoms with E-state index in [1.54, 1.807) is 12.1 Å². The van der Waals surface area contributed by atoms with Gasteiger partial charge in [-0.15, -0.1) is 0 Å². The molecule has 7 nitrogen and oxygen atoms in total. The number of hydrogen-bond acceptors (Lipinski definition) is 6. The summed E-state index contributed by atoms with van der Waals surface area (Å²) in [4.78, 5) is 20.0. The van der Waals surface area contributed by atoms with Crippen LogP contribution in [0.15, 0.2) is 24.3 Å². The van der Waals surface area contributed by atoms with Gasteiger partial charge >= 0.3 is 0 Å². The van der Waals surface area contributed by atoms with Crippen LogP contribution in [0, 0.1) is 0 Å². The first kappa shape index (κ1) is 14.9. The molecule has 0 aliphatic rings. The summed E-state index contributed by atoms with van der Waals surface area (Å²) in [6, 6.07) is 6.10. The van der Waals surface area contributed by atoms with E-state index in [1.807, 2.05) is 0 Å². The number of nitrogens with one attached hydrogen (secondary N) is 1. The minimum atomic E-state index is -0.440. The molecule has 1 aromatic heterocycles. The van der Waals surface area contributed by atoms with Gasteiger partial charge in [-0.05, 0) is 12.1 Å². The van der Waals surface area contributed by atoms with Gasteiger partial charge in [-0.25, -0.2) is 4.98 Å². The van der Waals surface area contributed by atoms with Gasteiger partial charge in [-0.1, -0.05) is 11.6 Å². The van der Waals surface area contributed by atoms with Crippen molar-refractivity contribution in [3.05, 3.63) is 35.0 Å². The molecular formula is C13H13ClN4O3. The number of halogens is 1. The number of amides is 1. The Kier molecular flexibility index (Phi) is 4.44. The Morgan fingerprint density at radius 2 is 1.95 bits per heavy atom. The second-order valence-electron chi connectivity index (χ2n) is 4.01. The van der Waals surface area contributed by atoms with Crippen molar-refractivity contribution in [1.82, 2.24) is 9.97 Å². The molecular weight excluding hydrogens is 296 g/mol. The maximum atomic E-state index is 12.2. The molecule has 0 fully saturated rings. The van der Waals surface area contributed by atoms with Crippen LogP contribution in [0.1, 0.15) is 10.4 Å². The maximum absolute atomic E-state index is 12.2. The van der Waals surface area contributed by atoms with E-state index in [-0.39, 0.29) is 17.0 Å². The molecule has 0 saturated carbocycles. The van der Waals surface area contributed by atoms with Gasteiger partial charge in [0.15, 0.2) is 0 Å². The standard InChI is InChI=1S/C13H13ClN4O3/c1-20-9-4-7(3-8(15)5-9)12(19)18-13-16-10(14)6-11(17-13)21-2/h3-6H,15H2,1-2H3,(H,16,17,18,19). The van der Waals surface area contributed by atoms with Crippen LogP contribution in [0.3, 0.4) is 0 Å². The molecule has 8 heteroatoms. The third kappa shape index (κ3) is 3.73. The molecule has 0 bridgehead atoms. The molecule has 2 rings (SSSR count). The number of methoxy groups -OCH3 is 2. The number of nitrogens with two attached hydrogens (primary N) is 1. The fourth-order valence-corrected chi connectivity index (χ4v) is 1.78. The van der Waals surface area contributed by atoms with E-state index in [2.05, 4.69) is 15.3 Å². The Bertz CT molecular complexity index is 678. The van der Waals surface area contributed by atoms with E-state index >= 15 is 0 Å². The van der Waals surface area contributed by atoms with E-state index < -0.39 is 5.91 Å². The second-order valence-corrected chi connectivity index (χ2v) is 4.39. The minimum absolute atomic E-state index is 0.0331. The summed E-state index contributed by atoms with van der Waals surface area (Å²) in [5, 5.41) is 2.67. The van der Waals surface area contributed by atoms with E-state index in [0.717, 1.165) is 0 Å². The molecule has 0 unspecified atom stereocenters. The molecule has 110 valence electrons.